The van der Waals surface area contributed by atoms with Crippen LogP contribution in [0, 0.1) is 17.6 Å². The highest BCUT2D eigenvalue weighted by molar-refractivity contribution is 5.89. The van der Waals surface area contributed by atoms with Gasteiger partial charge >= 0.3 is 0 Å². The Morgan fingerprint density at radius 2 is 1.82 bits per heavy atom. The van der Waals surface area contributed by atoms with Crippen LogP contribution in [0.25, 0.3) is 11.3 Å². The number of carbonyl (C=O) groups excluding carboxylic acids is 2. The fraction of sp³-hybridized carbons (Fsp3) is 0.346. The van der Waals surface area contributed by atoms with E-state index in [9.17, 15) is 18.4 Å². The van der Waals surface area contributed by atoms with Crippen molar-refractivity contribution in [2.24, 2.45) is 5.92 Å². The number of nitrogens with zero attached hydrogens (tertiary/aromatic N) is 3. The summed E-state index contributed by atoms with van der Waals surface area (Å²) in [4.78, 5) is 36.9. The highest BCUT2D eigenvalue weighted by Gasteiger charge is 2.37. The molecule has 0 unspecified atom stereocenters. The lowest BCUT2D eigenvalue weighted by Gasteiger charge is -2.32. The number of hydrogen-bond donors (Lipinski definition) is 1. The number of amides is 2. The average Bonchev–Trinajstić information content (AvgIpc) is 3.49. The fourth-order valence-electron chi connectivity index (χ4n) is 4.88. The van der Waals surface area contributed by atoms with E-state index in [4.69, 9.17) is 0 Å². The van der Waals surface area contributed by atoms with Crippen molar-refractivity contribution in [1.82, 2.24) is 19.8 Å². The molecule has 2 aromatic carbocycles. The zero-order valence-corrected chi connectivity index (χ0v) is 18.7. The van der Waals surface area contributed by atoms with Crippen LogP contribution in [0.3, 0.4) is 0 Å². The molecule has 1 N–H and O–H groups in total. The van der Waals surface area contributed by atoms with Gasteiger partial charge in [0, 0.05) is 44.1 Å². The van der Waals surface area contributed by atoms with Crippen LogP contribution in [0.1, 0.15) is 36.6 Å². The summed E-state index contributed by atoms with van der Waals surface area (Å²) in [6.45, 7) is 2.20. The van der Waals surface area contributed by atoms with Gasteiger partial charge in [-0.25, -0.2) is 13.8 Å². The number of rotatable bonds is 5. The van der Waals surface area contributed by atoms with E-state index in [1.807, 2.05) is 35.2 Å². The molecule has 3 aromatic rings. The first-order chi connectivity index (χ1) is 16.5. The maximum atomic E-state index is 13.6. The van der Waals surface area contributed by atoms with Gasteiger partial charge in [0.25, 0.3) is 0 Å². The molecule has 6 nitrogen and oxygen atoms in total. The molecule has 0 spiro atoms. The molecule has 0 aliphatic carbocycles. The van der Waals surface area contributed by atoms with Crippen molar-refractivity contribution in [2.45, 2.75) is 31.7 Å². The van der Waals surface area contributed by atoms with Gasteiger partial charge < -0.3 is 14.8 Å². The molecule has 2 saturated heterocycles. The van der Waals surface area contributed by atoms with E-state index < -0.39 is 11.6 Å². The van der Waals surface area contributed by atoms with Crippen molar-refractivity contribution in [2.75, 3.05) is 19.6 Å². The largest absolute Gasteiger partial charge is 0.342 e. The van der Waals surface area contributed by atoms with Crippen molar-refractivity contribution >= 4 is 11.8 Å². The summed E-state index contributed by atoms with van der Waals surface area (Å²) in [6.07, 6.45) is 3.40. The SMILES string of the molecule is O=C1C[C@H](C(=O)N2CCC(c3ncc(-c4ccc(F)c(F)c4)[nH]3)CC2)CN1Cc1ccccc1. The van der Waals surface area contributed by atoms with Crippen molar-refractivity contribution in [1.29, 1.82) is 0 Å². The normalized spacial score (nSPS) is 19.1. The third-order valence-corrected chi connectivity index (χ3v) is 6.80. The molecule has 3 heterocycles. The van der Waals surface area contributed by atoms with Gasteiger partial charge in [-0.3, -0.25) is 9.59 Å². The molecular formula is C26H26F2N4O2. The number of aromatic amines is 1. The average molecular weight is 465 g/mol. The van der Waals surface area contributed by atoms with Gasteiger partial charge in [0.1, 0.15) is 5.82 Å². The van der Waals surface area contributed by atoms with Gasteiger partial charge in [0.05, 0.1) is 17.8 Å². The Labute approximate surface area is 196 Å². The van der Waals surface area contributed by atoms with Crippen LogP contribution in [-0.2, 0) is 16.1 Å². The maximum absolute atomic E-state index is 13.6. The van der Waals surface area contributed by atoms with Gasteiger partial charge in [-0.1, -0.05) is 30.3 Å². The third kappa shape index (κ3) is 4.58. The van der Waals surface area contributed by atoms with Gasteiger partial charge in [-0.2, -0.15) is 0 Å². The lowest BCUT2D eigenvalue weighted by molar-refractivity contribution is -0.136. The molecule has 2 aliphatic heterocycles. The van der Waals surface area contributed by atoms with Crippen molar-refractivity contribution < 1.29 is 18.4 Å². The Balaban J connectivity index is 1.16. The highest BCUT2D eigenvalue weighted by Crippen LogP contribution is 2.30. The molecule has 2 aliphatic rings. The Morgan fingerprint density at radius 3 is 2.56 bits per heavy atom. The molecule has 2 fully saturated rings. The zero-order chi connectivity index (χ0) is 23.7. The highest BCUT2D eigenvalue weighted by atomic mass is 19.2. The van der Waals surface area contributed by atoms with Crippen molar-refractivity contribution in [3.63, 3.8) is 0 Å². The summed E-state index contributed by atoms with van der Waals surface area (Å²) in [5.74, 6) is -1.06. The van der Waals surface area contributed by atoms with Crippen LogP contribution in [0.15, 0.2) is 54.7 Å². The van der Waals surface area contributed by atoms with Crippen LogP contribution >= 0.6 is 0 Å². The second kappa shape index (κ2) is 9.37. The van der Waals surface area contributed by atoms with E-state index in [0.29, 0.717) is 37.4 Å². The van der Waals surface area contributed by atoms with Crippen LogP contribution in [0.4, 0.5) is 8.78 Å². The number of piperidine rings is 1. The molecule has 1 atom stereocenters. The number of benzene rings is 2. The summed E-state index contributed by atoms with van der Waals surface area (Å²) in [7, 11) is 0. The standard InChI is InChI=1S/C26H26F2N4O2/c27-21-7-6-19(12-22(21)28)23-14-29-25(30-23)18-8-10-31(11-9-18)26(34)20-13-24(33)32(16-20)15-17-4-2-1-3-5-17/h1-7,12,14,18,20H,8-11,13,15-16H2,(H,29,30)/t20-/m0/s1. The van der Waals surface area contributed by atoms with Gasteiger partial charge in [0.15, 0.2) is 11.6 Å². The molecule has 0 radical (unpaired) electrons. The predicted molar refractivity (Wildman–Crippen MR) is 122 cm³/mol. The van der Waals surface area contributed by atoms with E-state index in [1.165, 1.54) is 6.07 Å². The number of hydrogen-bond acceptors (Lipinski definition) is 3. The predicted octanol–water partition coefficient (Wildman–Crippen LogP) is 4.11. The number of nitrogens with one attached hydrogen (secondary N) is 1. The minimum atomic E-state index is -0.895. The molecular weight excluding hydrogens is 438 g/mol. The number of carbonyl (C=O) groups is 2. The molecule has 0 saturated carbocycles. The lowest BCUT2D eigenvalue weighted by Crippen LogP contribution is -2.42. The minimum Gasteiger partial charge on any atom is -0.342 e. The smallest absolute Gasteiger partial charge is 0.227 e. The first-order valence-electron chi connectivity index (χ1n) is 11.6. The summed E-state index contributed by atoms with van der Waals surface area (Å²) < 4.78 is 26.8. The van der Waals surface area contributed by atoms with E-state index in [-0.39, 0.29) is 30.1 Å². The Hall–Kier alpha value is -3.55. The van der Waals surface area contributed by atoms with Crippen molar-refractivity contribution in [3.05, 3.63) is 77.8 Å². The van der Waals surface area contributed by atoms with Crippen molar-refractivity contribution in [3.8, 4) is 11.3 Å². The second-order valence-electron chi connectivity index (χ2n) is 9.07. The van der Waals surface area contributed by atoms with Gasteiger partial charge in [0.2, 0.25) is 11.8 Å². The summed E-state index contributed by atoms with van der Waals surface area (Å²) >= 11 is 0. The van der Waals surface area contributed by atoms with Crippen LogP contribution < -0.4 is 0 Å². The van der Waals surface area contributed by atoms with E-state index in [0.717, 1.165) is 36.4 Å². The second-order valence-corrected chi connectivity index (χ2v) is 9.07. The quantitative estimate of drug-likeness (QED) is 0.618. The molecule has 0 bridgehead atoms. The number of likely N-dealkylation sites (tertiary alicyclic amines) is 2. The first-order valence-corrected chi connectivity index (χ1v) is 11.6. The van der Waals surface area contributed by atoms with E-state index in [2.05, 4.69) is 9.97 Å². The van der Waals surface area contributed by atoms with Gasteiger partial charge in [-0.05, 0) is 36.6 Å². The first kappa shape index (κ1) is 22.3. The van der Waals surface area contributed by atoms with Crippen LogP contribution in [0.2, 0.25) is 0 Å². The molecule has 8 heteroatoms. The summed E-state index contributed by atoms with van der Waals surface area (Å²) in [5.41, 5.74) is 2.23. The Morgan fingerprint density at radius 1 is 1.06 bits per heavy atom. The molecule has 176 valence electrons. The Kier molecular flexibility index (Phi) is 6.13. The van der Waals surface area contributed by atoms with Crippen LogP contribution in [-0.4, -0.2) is 51.2 Å². The van der Waals surface area contributed by atoms with E-state index in [1.54, 1.807) is 11.1 Å². The molecule has 1 aromatic heterocycles. The van der Waals surface area contributed by atoms with Gasteiger partial charge in [-0.15, -0.1) is 0 Å². The topological polar surface area (TPSA) is 69.3 Å². The monoisotopic (exact) mass is 464 g/mol. The molecule has 34 heavy (non-hydrogen) atoms. The summed E-state index contributed by atoms with van der Waals surface area (Å²) in [5, 5.41) is 0. The number of aromatic nitrogens is 2. The molecule has 2 amide bonds. The zero-order valence-electron chi connectivity index (χ0n) is 18.7. The molecule has 5 rings (SSSR count). The number of imidazole rings is 1. The number of halogens is 2. The third-order valence-electron chi connectivity index (χ3n) is 6.80. The van der Waals surface area contributed by atoms with Crippen LogP contribution in [0.5, 0.6) is 0 Å². The fourth-order valence-corrected chi connectivity index (χ4v) is 4.88. The maximum Gasteiger partial charge on any atom is 0.227 e. The minimum absolute atomic E-state index is 0.0254. The van der Waals surface area contributed by atoms with E-state index >= 15 is 0 Å². The Bertz CT molecular complexity index is 1190. The lowest BCUT2D eigenvalue weighted by atomic mass is 9.95. The number of H-pyrrole nitrogens is 1. The summed E-state index contributed by atoms with van der Waals surface area (Å²) in [6, 6.07) is 13.6.